The van der Waals surface area contributed by atoms with Crippen LogP contribution in [-0.2, 0) is 0 Å². The van der Waals surface area contributed by atoms with Crippen molar-refractivity contribution in [3.63, 3.8) is 0 Å². The molecule has 1 heterocycles. The maximum atomic E-state index is 5.86. The minimum atomic E-state index is -0.301. The highest BCUT2D eigenvalue weighted by atomic mass is 35.5. The van der Waals surface area contributed by atoms with E-state index in [1.807, 2.05) is 20.8 Å². The third-order valence-corrected chi connectivity index (χ3v) is 1.65. The molecule has 1 aromatic rings. The van der Waals surface area contributed by atoms with Crippen LogP contribution in [0.15, 0.2) is 12.3 Å². The first-order valence-corrected chi connectivity index (χ1v) is 4.64. The second-order valence-electron chi connectivity index (χ2n) is 3.65. The van der Waals surface area contributed by atoms with Crippen LogP contribution < -0.4 is 4.74 Å². The summed E-state index contributed by atoms with van der Waals surface area (Å²) in [7, 11) is 0. The second kappa shape index (κ2) is 3.72. The van der Waals surface area contributed by atoms with Crippen LogP contribution in [0.4, 0.5) is 0 Å². The van der Waals surface area contributed by atoms with Gasteiger partial charge in [0.25, 0.3) is 0 Å². The van der Waals surface area contributed by atoms with E-state index in [1.165, 1.54) is 6.20 Å². The third-order valence-electron chi connectivity index (χ3n) is 1.18. The highest BCUT2D eigenvalue weighted by molar-refractivity contribution is 6.35. The van der Waals surface area contributed by atoms with Gasteiger partial charge >= 0.3 is 0 Å². The predicted molar refractivity (Wildman–Crippen MR) is 54.6 cm³/mol. The molecule has 0 amide bonds. The van der Waals surface area contributed by atoms with Gasteiger partial charge in [-0.1, -0.05) is 23.2 Å². The van der Waals surface area contributed by atoms with Crippen LogP contribution in [-0.4, -0.2) is 10.6 Å². The molecule has 0 bridgehead atoms. The average molecular weight is 220 g/mol. The van der Waals surface area contributed by atoms with Gasteiger partial charge in [-0.25, -0.2) is 4.98 Å². The molecular formula is C9H11Cl2NO. The third kappa shape index (κ3) is 3.41. The van der Waals surface area contributed by atoms with Crippen LogP contribution >= 0.6 is 23.2 Å². The van der Waals surface area contributed by atoms with Crippen molar-refractivity contribution in [2.24, 2.45) is 0 Å². The normalized spacial score (nSPS) is 11.5. The molecule has 72 valence electrons. The number of hydrogen-bond acceptors (Lipinski definition) is 2. The highest BCUT2D eigenvalue weighted by Crippen LogP contribution is 2.27. The van der Waals surface area contributed by atoms with Crippen molar-refractivity contribution in [3.8, 4) is 5.88 Å². The topological polar surface area (TPSA) is 22.1 Å². The molecule has 0 saturated carbocycles. The van der Waals surface area contributed by atoms with Crippen LogP contribution in [0.3, 0.4) is 0 Å². The molecular weight excluding hydrogens is 209 g/mol. The largest absolute Gasteiger partial charge is 0.471 e. The van der Waals surface area contributed by atoms with Gasteiger partial charge in [-0.3, -0.25) is 0 Å². The standard InChI is InChI=1S/C9H11Cl2NO/c1-9(2,3)13-8-7(11)4-6(10)5-12-8/h4-5H,1-3H3. The summed E-state index contributed by atoms with van der Waals surface area (Å²) in [4.78, 5) is 3.98. The lowest BCUT2D eigenvalue weighted by Crippen LogP contribution is -2.23. The number of ether oxygens (including phenoxy) is 1. The van der Waals surface area contributed by atoms with Gasteiger partial charge in [-0.15, -0.1) is 0 Å². The number of aromatic nitrogens is 1. The van der Waals surface area contributed by atoms with Crippen LogP contribution in [0.2, 0.25) is 10.0 Å². The quantitative estimate of drug-likeness (QED) is 0.721. The van der Waals surface area contributed by atoms with E-state index in [0.717, 1.165) is 0 Å². The van der Waals surface area contributed by atoms with Gasteiger partial charge in [-0.2, -0.15) is 0 Å². The molecule has 13 heavy (non-hydrogen) atoms. The van der Waals surface area contributed by atoms with Crippen LogP contribution in [0.25, 0.3) is 0 Å². The van der Waals surface area contributed by atoms with Crippen molar-refractivity contribution >= 4 is 23.2 Å². The Labute approximate surface area is 87.8 Å². The Morgan fingerprint density at radius 3 is 2.38 bits per heavy atom. The monoisotopic (exact) mass is 219 g/mol. The van der Waals surface area contributed by atoms with E-state index in [-0.39, 0.29) is 5.60 Å². The Bertz CT molecular complexity index is 307. The molecule has 0 fully saturated rings. The summed E-state index contributed by atoms with van der Waals surface area (Å²) in [6.07, 6.45) is 1.51. The molecule has 0 N–H and O–H groups in total. The molecule has 0 aliphatic carbocycles. The number of halogens is 2. The second-order valence-corrected chi connectivity index (χ2v) is 4.50. The van der Waals surface area contributed by atoms with E-state index >= 15 is 0 Å². The molecule has 0 spiro atoms. The fourth-order valence-corrected chi connectivity index (χ4v) is 1.19. The van der Waals surface area contributed by atoms with Gasteiger partial charge in [0.2, 0.25) is 5.88 Å². The summed E-state index contributed by atoms with van der Waals surface area (Å²) in [6, 6.07) is 1.61. The number of rotatable bonds is 1. The van der Waals surface area contributed by atoms with Crippen molar-refractivity contribution in [3.05, 3.63) is 22.3 Å². The zero-order valence-electron chi connectivity index (χ0n) is 7.77. The zero-order valence-corrected chi connectivity index (χ0v) is 9.28. The Balaban J connectivity index is 2.90. The van der Waals surface area contributed by atoms with Gasteiger partial charge in [0, 0.05) is 6.20 Å². The summed E-state index contributed by atoms with van der Waals surface area (Å²) >= 11 is 11.5. The maximum absolute atomic E-state index is 5.86. The van der Waals surface area contributed by atoms with E-state index in [9.17, 15) is 0 Å². The maximum Gasteiger partial charge on any atom is 0.233 e. The summed E-state index contributed by atoms with van der Waals surface area (Å²) in [5, 5.41) is 0.939. The van der Waals surface area contributed by atoms with Crippen molar-refractivity contribution in [1.82, 2.24) is 4.98 Å². The Morgan fingerprint density at radius 1 is 1.31 bits per heavy atom. The Hall–Kier alpha value is -0.470. The van der Waals surface area contributed by atoms with E-state index < -0.39 is 0 Å². The smallest absolute Gasteiger partial charge is 0.233 e. The van der Waals surface area contributed by atoms with Crippen molar-refractivity contribution in [2.45, 2.75) is 26.4 Å². The van der Waals surface area contributed by atoms with Crippen molar-refractivity contribution in [1.29, 1.82) is 0 Å². The fourth-order valence-electron chi connectivity index (χ4n) is 0.767. The van der Waals surface area contributed by atoms with E-state index in [4.69, 9.17) is 27.9 Å². The van der Waals surface area contributed by atoms with E-state index in [2.05, 4.69) is 4.98 Å². The van der Waals surface area contributed by atoms with E-state index in [1.54, 1.807) is 6.07 Å². The highest BCUT2D eigenvalue weighted by Gasteiger charge is 2.15. The molecule has 1 rings (SSSR count). The summed E-state index contributed by atoms with van der Waals surface area (Å²) in [6.45, 7) is 5.79. The molecule has 0 atom stereocenters. The molecule has 4 heteroatoms. The first kappa shape index (κ1) is 10.6. The van der Waals surface area contributed by atoms with Crippen LogP contribution in [0.1, 0.15) is 20.8 Å². The Morgan fingerprint density at radius 2 is 1.92 bits per heavy atom. The lowest BCUT2D eigenvalue weighted by atomic mass is 10.2. The molecule has 0 aliphatic heterocycles. The summed E-state index contributed by atoms with van der Waals surface area (Å²) < 4.78 is 5.49. The molecule has 0 aliphatic rings. The number of nitrogens with zero attached hydrogens (tertiary/aromatic N) is 1. The van der Waals surface area contributed by atoms with Crippen LogP contribution in [0, 0.1) is 0 Å². The van der Waals surface area contributed by atoms with Crippen molar-refractivity contribution in [2.75, 3.05) is 0 Å². The SMILES string of the molecule is CC(C)(C)Oc1ncc(Cl)cc1Cl. The van der Waals surface area contributed by atoms with Crippen molar-refractivity contribution < 1.29 is 4.74 Å². The van der Waals surface area contributed by atoms with Gasteiger partial charge in [0.15, 0.2) is 0 Å². The summed E-state index contributed by atoms with van der Waals surface area (Å²) in [5.41, 5.74) is -0.301. The Kier molecular flexibility index (Phi) is 3.04. The zero-order chi connectivity index (χ0) is 10.1. The predicted octanol–water partition coefficient (Wildman–Crippen LogP) is 3.57. The van der Waals surface area contributed by atoms with Gasteiger partial charge < -0.3 is 4.74 Å². The minimum Gasteiger partial charge on any atom is -0.471 e. The van der Waals surface area contributed by atoms with Crippen LogP contribution in [0.5, 0.6) is 5.88 Å². The average Bonchev–Trinajstić information content (AvgIpc) is 1.93. The lowest BCUT2D eigenvalue weighted by molar-refractivity contribution is 0.124. The van der Waals surface area contributed by atoms with Gasteiger partial charge in [0.05, 0.1) is 5.02 Å². The molecule has 0 radical (unpaired) electrons. The lowest BCUT2D eigenvalue weighted by Gasteiger charge is -2.20. The minimum absolute atomic E-state index is 0.301. The van der Waals surface area contributed by atoms with Gasteiger partial charge in [-0.05, 0) is 26.8 Å². The number of hydrogen-bond donors (Lipinski definition) is 0. The molecule has 1 aromatic heterocycles. The van der Waals surface area contributed by atoms with E-state index in [0.29, 0.717) is 15.9 Å². The molecule has 0 unspecified atom stereocenters. The van der Waals surface area contributed by atoms with Gasteiger partial charge in [0.1, 0.15) is 10.6 Å². The molecule has 2 nitrogen and oxygen atoms in total. The molecule has 0 aromatic carbocycles. The first-order valence-electron chi connectivity index (χ1n) is 3.88. The fraction of sp³-hybridized carbons (Fsp3) is 0.444. The summed E-state index contributed by atoms with van der Waals surface area (Å²) in [5.74, 6) is 0.415. The molecule has 0 saturated heterocycles. The first-order chi connectivity index (χ1) is 5.88. The number of pyridine rings is 1.